The lowest BCUT2D eigenvalue weighted by Crippen LogP contribution is -2.32. The number of rotatable bonds is 4. The molecule has 2 aliphatic rings. The van der Waals surface area contributed by atoms with Gasteiger partial charge in [-0.2, -0.15) is 0 Å². The number of phenolic OH excluding ortho intramolecular Hbond substituents is 1. The summed E-state index contributed by atoms with van der Waals surface area (Å²) in [5.41, 5.74) is 8.75. The molecule has 0 amide bonds. The van der Waals surface area contributed by atoms with E-state index in [0.29, 0.717) is 38.9 Å². The number of fused-ring (bicyclic) bond motifs is 1. The van der Waals surface area contributed by atoms with Crippen LogP contribution in [0.25, 0.3) is 0 Å². The Morgan fingerprint density at radius 3 is 3.18 bits per heavy atom. The Hall–Kier alpha value is -2.05. The maximum absolute atomic E-state index is 9.55. The smallest absolute Gasteiger partial charge is 0.186 e. The summed E-state index contributed by atoms with van der Waals surface area (Å²) in [6, 6.07) is 5.27. The van der Waals surface area contributed by atoms with Crippen LogP contribution in [0.3, 0.4) is 0 Å². The fourth-order valence-electron chi connectivity index (χ4n) is 2.54. The molecule has 0 aliphatic carbocycles. The standard InChI is InChI=1S/C16H20N2O4/c17-16(22-10-13-9-20-5-6-21-13)8-15-14-2-1-12(19)7-11(14)3-4-18-15/h1-2,7-8,13,19H,3-6,9-10,17H2/t13-/m1/s1. The Morgan fingerprint density at radius 1 is 1.45 bits per heavy atom. The Morgan fingerprint density at radius 2 is 2.36 bits per heavy atom. The Labute approximate surface area is 129 Å². The summed E-state index contributed by atoms with van der Waals surface area (Å²) in [6.45, 7) is 2.77. The van der Waals surface area contributed by atoms with Gasteiger partial charge in [0.05, 0.1) is 25.5 Å². The van der Waals surface area contributed by atoms with E-state index < -0.39 is 0 Å². The zero-order valence-electron chi connectivity index (χ0n) is 12.3. The monoisotopic (exact) mass is 304 g/mol. The van der Waals surface area contributed by atoms with E-state index >= 15 is 0 Å². The van der Waals surface area contributed by atoms with Crippen molar-refractivity contribution >= 4 is 5.71 Å². The van der Waals surface area contributed by atoms with Gasteiger partial charge in [-0.15, -0.1) is 0 Å². The summed E-state index contributed by atoms with van der Waals surface area (Å²) in [5.74, 6) is 0.566. The molecule has 6 heteroatoms. The number of aliphatic imine (C=N–C) groups is 1. The SMILES string of the molecule is NC(=CC1=NCCc2cc(O)ccc21)OC[C@H]1COCCO1. The highest BCUT2D eigenvalue weighted by Gasteiger charge is 2.16. The van der Waals surface area contributed by atoms with Gasteiger partial charge in [0.25, 0.3) is 0 Å². The Balaban J connectivity index is 1.65. The third-order valence-corrected chi connectivity index (χ3v) is 3.63. The van der Waals surface area contributed by atoms with Crippen LogP contribution in [0.2, 0.25) is 0 Å². The number of nitrogens with two attached hydrogens (primary N) is 1. The molecule has 0 radical (unpaired) electrons. The molecule has 2 aliphatic heterocycles. The molecular formula is C16H20N2O4. The van der Waals surface area contributed by atoms with Crippen molar-refractivity contribution in [1.29, 1.82) is 0 Å². The molecule has 1 aromatic rings. The lowest BCUT2D eigenvalue weighted by molar-refractivity contribution is -0.108. The van der Waals surface area contributed by atoms with Crippen LogP contribution in [-0.4, -0.2) is 49.9 Å². The topological polar surface area (TPSA) is 86.3 Å². The number of hydrogen-bond acceptors (Lipinski definition) is 6. The van der Waals surface area contributed by atoms with E-state index in [-0.39, 0.29) is 11.9 Å². The number of allylic oxidation sites excluding steroid dienone is 1. The van der Waals surface area contributed by atoms with Gasteiger partial charge in [0.2, 0.25) is 0 Å². The van der Waals surface area contributed by atoms with E-state index in [1.54, 1.807) is 18.2 Å². The first kappa shape index (κ1) is 14.9. The van der Waals surface area contributed by atoms with Gasteiger partial charge in [-0.25, -0.2) is 0 Å². The lowest BCUT2D eigenvalue weighted by atomic mass is 9.97. The molecule has 1 atom stereocenters. The molecule has 3 rings (SSSR count). The van der Waals surface area contributed by atoms with Gasteiger partial charge in [-0.1, -0.05) is 0 Å². The molecule has 0 aromatic heterocycles. The van der Waals surface area contributed by atoms with Crippen molar-refractivity contribution in [3.05, 3.63) is 41.3 Å². The number of benzene rings is 1. The molecular weight excluding hydrogens is 284 g/mol. The van der Waals surface area contributed by atoms with Gasteiger partial charge in [0.1, 0.15) is 18.5 Å². The van der Waals surface area contributed by atoms with Crippen LogP contribution in [0.15, 0.2) is 35.2 Å². The molecule has 6 nitrogen and oxygen atoms in total. The average molecular weight is 304 g/mol. The van der Waals surface area contributed by atoms with E-state index in [9.17, 15) is 5.11 Å². The first-order valence-corrected chi connectivity index (χ1v) is 7.38. The minimum absolute atomic E-state index is 0.0850. The average Bonchev–Trinajstić information content (AvgIpc) is 2.54. The highest BCUT2D eigenvalue weighted by atomic mass is 16.6. The van der Waals surface area contributed by atoms with Crippen LogP contribution in [-0.2, 0) is 20.6 Å². The van der Waals surface area contributed by atoms with Crippen molar-refractivity contribution in [2.45, 2.75) is 12.5 Å². The first-order valence-electron chi connectivity index (χ1n) is 7.38. The van der Waals surface area contributed by atoms with Crippen molar-refractivity contribution in [3.8, 4) is 5.75 Å². The minimum atomic E-state index is -0.0850. The summed E-state index contributed by atoms with van der Waals surface area (Å²) in [6.07, 6.45) is 2.45. The van der Waals surface area contributed by atoms with Crippen molar-refractivity contribution in [2.24, 2.45) is 10.7 Å². The third kappa shape index (κ3) is 3.58. The molecule has 0 bridgehead atoms. The molecule has 0 saturated carbocycles. The second-order valence-electron chi connectivity index (χ2n) is 5.28. The quantitative estimate of drug-likeness (QED) is 0.810. The fraction of sp³-hybridized carbons (Fsp3) is 0.438. The number of ether oxygens (including phenoxy) is 3. The molecule has 3 N–H and O–H groups in total. The number of phenols is 1. The van der Waals surface area contributed by atoms with Crippen molar-refractivity contribution < 1.29 is 19.3 Å². The van der Waals surface area contributed by atoms with E-state index in [2.05, 4.69) is 4.99 Å². The van der Waals surface area contributed by atoms with Gasteiger partial charge in [0, 0.05) is 18.2 Å². The van der Waals surface area contributed by atoms with Crippen LogP contribution in [0.4, 0.5) is 0 Å². The highest BCUT2D eigenvalue weighted by molar-refractivity contribution is 6.10. The second kappa shape index (κ2) is 6.81. The summed E-state index contributed by atoms with van der Waals surface area (Å²) < 4.78 is 16.3. The lowest BCUT2D eigenvalue weighted by Gasteiger charge is -2.23. The van der Waals surface area contributed by atoms with E-state index in [1.807, 2.05) is 6.07 Å². The minimum Gasteiger partial charge on any atom is -0.508 e. The predicted molar refractivity (Wildman–Crippen MR) is 82.0 cm³/mol. The highest BCUT2D eigenvalue weighted by Crippen LogP contribution is 2.22. The van der Waals surface area contributed by atoms with E-state index in [4.69, 9.17) is 19.9 Å². The molecule has 0 unspecified atom stereocenters. The summed E-state index contributed by atoms with van der Waals surface area (Å²) >= 11 is 0. The van der Waals surface area contributed by atoms with Crippen LogP contribution in [0.5, 0.6) is 5.75 Å². The Bertz CT molecular complexity index is 592. The number of nitrogens with zero attached hydrogens (tertiary/aromatic N) is 1. The van der Waals surface area contributed by atoms with Gasteiger partial charge < -0.3 is 25.1 Å². The second-order valence-corrected chi connectivity index (χ2v) is 5.28. The largest absolute Gasteiger partial charge is 0.508 e. The maximum atomic E-state index is 9.55. The number of aromatic hydroxyl groups is 1. The van der Waals surface area contributed by atoms with E-state index in [0.717, 1.165) is 23.3 Å². The summed E-state index contributed by atoms with van der Waals surface area (Å²) in [7, 11) is 0. The third-order valence-electron chi connectivity index (χ3n) is 3.63. The number of hydrogen-bond donors (Lipinski definition) is 2. The fourth-order valence-corrected chi connectivity index (χ4v) is 2.54. The van der Waals surface area contributed by atoms with Gasteiger partial charge in [-0.3, -0.25) is 4.99 Å². The molecule has 1 saturated heterocycles. The zero-order chi connectivity index (χ0) is 15.4. The van der Waals surface area contributed by atoms with Gasteiger partial charge in [-0.05, 0) is 30.2 Å². The van der Waals surface area contributed by atoms with Gasteiger partial charge >= 0.3 is 0 Å². The molecule has 22 heavy (non-hydrogen) atoms. The molecule has 118 valence electrons. The Kier molecular flexibility index (Phi) is 4.60. The molecule has 0 spiro atoms. The maximum Gasteiger partial charge on any atom is 0.186 e. The van der Waals surface area contributed by atoms with Crippen molar-refractivity contribution in [3.63, 3.8) is 0 Å². The summed E-state index contributed by atoms with van der Waals surface area (Å²) in [4.78, 5) is 4.48. The van der Waals surface area contributed by atoms with Crippen molar-refractivity contribution in [1.82, 2.24) is 0 Å². The van der Waals surface area contributed by atoms with E-state index in [1.165, 1.54) is 0 Å². The zero-order valence-corrected chi connectivity index (χ0v) is 12.3. The van der Waals surface area contributed by atoms with Crippen LogP contribution in [0.1, 0.15) is 11.1 Å². The summed E-state index contributed by atoms with van der Waals surface area (Å²) in [5, 5.41) is 9.55. The first-order chi connectivity index (χ1) is 10.7. The molecule has 2 heterocycles. The predicted octanol–water partition coefficient (Wildman–Crippen LogP) is 0.969. The van der Waals surface area contributed by atoms with Gasteiger partial charge in [0.15, 0.2) is 5.88 Å². The van der Waals surface area contributed by atoms with Crippen LogP contribution < -0.4 is 5.73 Å². The van der Waals surface area contributed by atoms with Crippen molar-refractivity contribution in [2.75, 3.05) is 33.0 Å². The molecule has 1 fully saturated rings. The molecule has 1 aromatic carbocycles. The normalized spacial score (nSPS) is 21.9. The van der Waals surface area contributed by atoms with Crippen LogP contribution in [0, 0.1) is 0 Å². The van der Waals surface area contributed by atoms with Crippen LogP contribution >= 0.6 is 0 Å².